The molecule has 4 heteroatoms. The van der Waals surface area contributed by atoms with Gasteiger partial charge in [-0.2, -0.15) is 5.10 Å². The van der Waals surface area contributed by atoms with E-state index in [0.29, 0.717) is 17.5 Å². The highest BCUT2D eigenvalue weighted by atomic mass is 35.5. The molecular formula is C16H26ClN3. The molecule has 2 saturated carbocycles. The van der Waals surface area contributed by atoms with Crippen LogP contribution in [0, 0.1) is 5.41 Å². The number of nitrogens with zero attached hydrogens (tertiary/aromatic N) is 2. The van der Waals surface area contributed by atoms with Gasteiger partial charge in [-0.05, 0) is 30.7 Å². The van der Waals surface area contributed by atoms with Crippen LogP contribution in [0.1, 0.15) is 64.1 Å². The van der Waals surface area contributed by atoms with E-state index in [2.05, 4.69) is 36.1 Å². The number of aromatic nitrogens is 2. The zero-order chi connectivity index (χ0) is 14.2. The summed E-state index contributed by atoms with van der Waals surface area (Å²) >= 11 is 6.26. The highest BCUT2D eigenvalue weighted by Crippen LogP contribution is 2.44. The van der Waals surface area contributed by atoms with Crippen LogP contribution in [0.25, 0.3) is 0 Å². The summed E-state index contributed by atoms with van der Waals surface area (Å²) in [6.45, 7) is 5.34. The van der Waals surface area contributed by atoms with E-state index in [0.717, 1.165) is 18.7 Å². The molecule has 3 nitrogen and oxygen atoms in total. The van der Waals surface area contributed by atoms with Crippen LogP contribution >= 0.6 is 11.6 Å². The Bertz CT molecular complexity index is 448. The summed E-state index contributed by atoms with van der Waals surface area (Å²) in [5.41, 5.74) is 1.36. The molecule has 0 bridgehead atoms. The van der Waals surface area contributed by atoms with E-state index < -0.39 is 0 Å². The summed E-state index contributed by atoms with van der Waals surface area (Å²) in [4.78, 5) is 0. The standard InChI is InChI=1S/C16H26ClN3/c1-16(2)14(17)10-15(16)18-11-12-8-9-20(19-12)13-6-4-3-5-7-13/h8-9,13-15,18H,3-7,10-11H2,1-2H3. The van der Waals surface area contributed by atoms with E-state index in [1.165, 1.54) is 32.1 Å². The molecule has 2 aliphatic rings. The Hall–Kier alpha value is -0.540. The number of hydrogen-bond donors (Lipinski definition) is 1. The van der Waals surface area contributed by atoms with E-state index in [1.807, 2.05) is 0 Å². The summed E-state index contributed by atoms with van der Waals surface area (Å²) in [5.74, 6) is 0. The maximum absolute atomic E-state index is 6.26. The maximum atomic E-state index is 6.26. The second-order valence-corrected chi connectivity index (χ2v) is 7.56. The van der Waals surface area contributed by atoms with E-state index in [-0.39, 0.29) is 5.41 Å². The lowest BCUT2D eigenvalue weighted by Crippen LogP contribution is -2.57. The van der Waals surface area contributed by atoms with Crippen LogP contribution in [0.5, 0.6) is 0 Å². The highest BCUT2D eigenvalue weighted by Gasteiger charge is 2.46. The van der Waals surface area contributed by atoms with Gasteiger partial charge in [-0.15, -0.1) is 11.6 Å². The first kappa shape index (κ1) is 14.4. The SMILES string of the molecule is CC1(C)C(Cl)CC1NCc1ccn(C2CCCCC2)n1. The van der Waals surface area contributed by atoms with Crippen molar-refractivity contribution >= 4 is 11.6 Å². The fraction of sp³-hybridized carbons (Fsp3) is 0.812. The molecule has 1 N–H and O–H groups in total. The Morgan fingerprint density at radius 3 is 2.75 bits per heavy atom. The van der Waals surface area contributed by atoms with Gasteiger partial charge in [0.25, 0.3) is 0 Å². The van der Waals surface area contributed by atoms with Crippen molar-refractivity contribution in [1.29, 1.82) is 0 Å². The number of nitrogens with one attached hydrogen (secondary N) is 1. The Kier molecular flexibility index (Phi) is 4.09. The maximum Gasteiger partial charge on any atom is 0.0762 e. The molecule has 0 radical (unpaired) electrons. The molecule has 2 aliphatic carbocycles. The molecular weight excluding hydrogens is 270 g/mol. The average Bonchev–Trinajstić information content (AvgIpc) is 2.93. The van der Waals surface area contributed by atoms with E-state index in [9.17, 15) is 0 Å². The molecule has 0 aromatic carbocycles. The van der Waals surface area contributed by atoms with Gasteiger partial charge in [0.2, 0.25) is 0 Å². The van der Waals surface area contributed by atoms with Crippen molar-refractivity contribution in [3.05, 3.63) is 18.0 Å². The van der Waals surface area contributed by atoms with Gasteiger partial charge in [-0.3, -0.25) is 4.68 Å². The van der Waals surface area contributed by atoms with Crippen LogP contribution < -0.4 is 5.32 Å². The van der Waals surface area contributed by atoms with Crippen LogP contribution in [0.3, 0.4) is 0 Å². The van der Waals surface area contributed by atoms with E-state index in [1.54, 1.807) is 0 Å². The lowest BCUT2D eigenvalue weighted by molar-refractivity contribution is 0.115. The zero-order valence-electron chi connectivity index (χ0n) is 12.6. The second-order valence-electron chi connectivity index (χ2n) is 7.04. The summed E-state index contributed by atoms with van der Waals surface area (Å²) in [5, 5.41) is 8.67. The van der Waals surface area contributed by atoms with Gasteiger partial charge >= 0.3 is 0 Å². The Labute approximate surface area is 127 Å². The van der Waals surface area contributed by atoms with Crippen LogP contribution in [-0.2, 0) is 6.54 Å². The van der Waals surface area contributed by atoms with Gasteiger partial charge in [-0.25, -0.2) is 0 Å². The Balaban J connectivity index is 1.53. The van der Waals surface area contributed by atoms with Gasteiger partial charge in [0.05, 0.1) is 11.7 Å². The van der Waals surface area contributed by atoms with Crippen molar-refractivity contribution in [3.63, 3.8) is 0 Å². The van der Waals surface area contributed by atoms with Gasteiger partial charge in [-0.1, -0.05) is 33.1 Å². The van der Waals surface area contributed by atoms with Gasteiger partial charge in [0.15, 0.2) is 0 Å². The number of halogens is 1. The summed E-state index contributed by atoms with van der Waals surface area (Å²) < 4.78 is 2.19. The molecule has 3 rings (SSSR count). The predicted molar refractivity (Wildman–Crippen MR) is 83.0 cm³/mol. The molecule has 112 valence electrons. The van der Waals surface area contributed by atoms with Crippen molar-refractivity contribution in [1.82, 2.24) is 15.1 Å². The summed E-state index contributed by atoms with van der Waals surface area (Å²) in [7, 11) is 0. The van der Waals surface area contributed by atoms with Crippen molar-refractivity contribution in [2.24, 2.45) is 5.41 Å². The van der Waals surface area contributed by atoms with Crippen LogP contribution in [0.15, 0.2) is 12.3 Å². The Morgan fingerprint density at radius 2 is 2.10 bits per heavy atom. The van der Waals surface area contributed by atoms with Crippen molar-refractivity contribution in [2.45, 2.75) is 76.4 Å². The van der Waals surface area contributed by atoms with Gasteiger partial charge in [0, 0.05) is 24.2 Å². The fourth-order valence-electron chi connectivity index (χ4n) is 3.47. The Morgan fingerprint density at radius 1 is 1.35 bits per heavy atom. The van der Waals surface area contributed by atoms with Crippen LogP contribution in [0.2, 0.25) is 0 Å². The molecule has 2 fully saturated rings. The third-order valence-electron chi connectivity index (χ3n) is 5.29. The zero-order valence-corrected chi connectivity index (χ0v) is 13.4. The molecule has 0 saturated heterocycles. The number of hydrogen-bond acceptors (Lipinski definition) is 2. The number of rotatable bonds is 4. The quantitative estimate of drug-likeness (QED) is 0.854. The smallest absolute Gasteiger partial charge is 0.0762 e. The first-order valence-corrected chi connectivity index (χ1v) is 8.42. The van der Waals surface area contributed by atoms with Crippen molar-refractivity contribution < 1.29 is 0 Å². The first-order chi connectivity index (χ1) is 9.57. The molecule has 1 aromatic heterocycles. The lowest BCUT2D eigenvalue weighted by atomic mass is 9.67. The van der Waals surface area contributed by atoms with E-state index in [4.69, 9.17) is 16.7 Å². The lowest BCUT2D eigenvalue weighted by Gasteiger charge is -2.49. The van der Waals surface area contributed by atoms with Crippen LogP contribution in [0.4, 0.5) is 0 Å². The second kappa shape index (κ2) is 5.69. The number of alkyl halides is 1. The fourth-order valence-corrected chi connectivity index (χ4v) is 3.80. The third kappa shape index (κ3) is 2.75. The topological polar surface area (TPSA) is 29.9 Å². The molecule has 0 amide bonds. The minimum atomic E-state index is 0.202. The monoisotopic (exact) mass is 295 g/mol. The van der Waals surface area contributed by atoms with Crippen molar-refractivity contribution in [2.75, 3.05) is 0 Å². The molecule has 0 spiro atoms. The average molecular weight is 296 g/mol. The summed E-state index contributed by atoms with van der Waals surface area (Å²) in [6.07, 6.45) is 9.90. The summed E-state index contributed by atoms with van der Waals surface area (Å²) in [6, 6.07) is 3.31. The minimum Gasteiger partial charge on any atom is -0.308 e. The molecule has 2 atom stereocenters. The molecule has 2 unspecified atom stereocenters. The third-order valence-corrected chi connectivity index (χ3v) is 6.03. The highest BCUT2D eigenvalue weighted by molar-refractivity contribution is 6.21. The van der Waals surface area contributed by atoms with Crippen molar-refractivity contribution in [3.8, 4) is 0 Å². The predicted octanol–water partition coefficient (Wildman–Crippen LogP) is 3.88. The molecule has 0 aliphatic heterocycles. The van der Waals surface area contributed by atoms with E-state index >= 15 is 0 Å². The van der Waals surface area contributed by atoms with Gasteiger partial charge in [0.1, 0.15) is 0 Å². The molecule has 1 heterocycles. The molecule has 1 aromatic rings. The first-order valence-electron chi connectivity index (χ1n) is 7.99. The van der Waals surface area contributed by atoms with Crippen LogP contribution in [-0.4, -0.2) is 21.2 Å². The minimum absolute atomic E-state index is 0.202. The largest absolute Gasteiger partial charge is 0.308 e. The normalized spacial score (nSPS) is 30.1. The molecule has 20 heavy (non-hydrogen) atoms. The van der Waals surface area contributed by atoms with Gasteiger partial charge < -0.3 is 5.32 Å².